The van der Waals surface area contributed by atoms with E-state index >= 15 is 0 Å². The lowest BCUT2D eigenvalue weighted by molar-refractivity contribution is 0.0224. The molecule has 6 heteroatoms. The molecule has 0 radical (unpaired) electrons. The predicted octanol–water partition coefficient (Wildman–Crippen LogP) is 3.45. The molecule has 1 unspecified atom stereocenters. The second-order valence-electron chi connectivity index (χ2n) is 6.25. The van der Waals surface area contributed by atoms with Crippen LogP contribution in [0.2, 0.25) is 5.15 Å². The SMILES string of the molecule is Cc1nn(C)c(Cl)c1C1CCCN1C(=O)OC(C)(C)C. The van der Waals surface area contributed by atoms with Crippen molar-refractivity contribution in [3.05, 3.63) is 16.4 Å². The first-order valence-electron chi connectivity index (χ1n) is 6.89. The summed E-state index contributed by atoms with van der Waals surface area (Å²) < 4.78 is 7.13. The molecule has 2 heterocycles. The Labute approximate surface area is 124 Å². The predicted molar refractivity (Wildman–Crippen MR) is 77.9 cm³/mol. The summed E-state index contributed by atoms with van der Waals surface area (Å²) in [6.45, 7) is 8.24. The van der Waals surface area contributed by atoms with Crippen molar-refractivity contribution >= 4 is 17.7 Å². The molecule has 1 aromatic rings. The molecule has 0 N–H and O–H groups in total. The largest absolute Gasteiger partial charge is 0.444 e. The lowest BCUT2D eigenvalue weighted by Gasteiger charge is -2.28. The normalized spacial score (nSPS) is 19.5. The van der Waals surface area contributed by atoms with Crippen LogP contribution in [0.3, 0.4) is 0 Å². The van der Waals surface area contributed by atoms with E-state index in [0.29, 0.717) is 11.7 Å². The van der Waals surface area contributed by atoms with Gasteiger partial charge in [-0.3, -0.25) is 4.68 Å². The summed E-state index contributed by atoms with van der Waals surface area (Å²) in [4.78, 5) is 14.1. The summed E-state index contributed by atoms with van der Waals surface area (Å²) in [6.07, 6.45) is 1.57. The summed E-state index contributed by atoms with van der Waals surface area (Å²) in [7, 11) is 1.81. The Balaban J connectivity index is 2.25. The van der Waals surface area contributed by atoms with Crippen LogP contribution in [-0.2, 0) is 11.8 Å². The highest BCUT2D eigenvalue weighted by Crippen LogP contribution is 2.38. The standard InChI is InChI=1S/C14H22ClN3O2/c1-9-11(12(15)17(5)16-9)10-7-6-8-18(10)13(19)20-14(2,3)4/h10H,6-8H2,1-5H3. The van der Waals surface area contributed by atoms with Crippen molar-refractivity contribution in [1.29, 1.82) is 0 Å². The molecule has 1 amide bonds. The first-order chi connectivity index (χ1) is 9.20. The second kappa shape index (κ2) is 5.28. The van der Waals surface area contributed by atoms with Crippen LogP contribution in [0, 0.1) is 6.92 Å². The lowest BCUT2D eigenvalue weighted by Crippen LogP contribution is -2.36. The van der Waals surface area contributed by atoms with E-state index in [0.717, 1.165) is 24.1 Å². The van der Waals surface area contributed by atoms with Crippen LogP contribution in [0.5, 0.6) is 0 Å². The maximum atomic E-state index is 12.3. The summed E-state index contributed by atoms with van der Waals surface area (Å²) in [5, 5.41) is 4.93. The molecule has 1 fully saturated rings. The maximum absolute atomic E-state index is 12.3. The van der Waals surface area contributed by atoms with E-state index in [1.165, 1.54) is 0 Å². The van der Waals surface area contributed by atoms with Gasteiger partial charge in [-0.15, -0.1) is 0 Å². The summed E-state index contributed by atoms with van der Waals surface area (Å²) in [6, 6.07) is -0.0361. The van der Waals surface area contributed by atoms with E-state index in [1.54, 1.807) is 9.58 Å². The Morgan fingerprint density at radius 2 is 2.10 bits per heavy atom. The summed E-state index contributed by atoms with van der Waals surface area (Å²) in [5.41, 5.74) is 1.33. The van der Waals surface area contributed by atoms with Gasteiger partial charge in [0.05, 0.1) is 11.7 Å². The third kappa shape index (κ3) is 2.92. The molecule has 1 aromatic heterocycles. The van der Waals surface area contributed by atoms with Crippen molar-refractivity contribution in [3.8, 4) is 0 Å². The smallest absolute Gasteiger partial charge is 0.410 e. The second-order valence-corrected chi connectivity index (χ2v) is 6.60. The number of halogens is 1. The zero-order chi connectivity index (χ0) is 15.1. The fourth-order valence-electron chi connectivity index (χ4n) is 2.63. The fourth-order valence-corrected chi connectivity index (χ4v) is 2.93. The third-order valence-electron chi connectivity index (χ3n) is 3.41. The Hall–Kier alpha value is -1.23. The highest BCUT2D eigenvalue weighted by atomic mass is 35.5. The lowest BCUT2D eigenvalue weighted by atomic mass is 10.1. The van der Waals surface area contributed by atoms with Gasteiger partial charge in [0.2, 0.25) is 0 Å². The Morgan fingerprint density at radius 1 is 1.45 bits per heavy atom. The molecular weight excluding hydrogens is 278 g/mol. The minimum atomic E-state index is -0.488. The van der Waals surface area contributed by atoms with Crippen LogP contribution in [0.15, 0.2) is 0 Å². The molecule has 1 atom stereocenters. The first-order valence-corrected chi connectivity index (χ1v) is 7.27. The van der Waals surface area contributed by atoms with Gasteiger partial charge in [-0.05, 0) is 40.5 Å². The molecule has 20 heavy (non-hydrogen) atoms. The third-order valence-corrected chi connectivity index (χ3v) is 3.86. The topological polar surface area (TPSA) is 47.4 Å². The summed E-state index contributed by atoms with van der Waals surface area (Å²) in [5.74, 6) is 0. The molecule has 0 aromatic carbocycles. The molecule has 1 aliphatic rings. The van der Waals surface area contributed by atoms with Crippen LogP contribution in [0.1, 0.15) is 50.9 Å². The van der Waals surface area contributed by atoms with Gasteiger partial charge >= 0.3 is 6.09 Å². The van der Waals surface area contributed by atoms with E-state index in [4.69, 9.17) is 16.3 Å². The fraction of sp³-hybridized carbons (Fsp3) is 0.714. The number of nitrogens with zero attached hydrogens (tertiary/aromatic N) is 3. The molecule has 5 nitrogen and oxygen atoms in total. The maximum Gasteiger partial charge on any atom is 0.410 e. The van der Waals surface area contributed by atoms with Crippen LogP contribution in [0.4, 0.5) is 4.79 Å². The molecule has 1 aliphatic heterocycles. The van der Waals surface area contributed by atoms with E-state index in [-0.39, 0.29) is 12.1 Å². The van der Waals surface area contributed by atoms with Gasteiger partial charge in [0.25, 0.3) is 0 Å². The van der Waals surface area contributed by atoms with Crippen molar-refractivity contribution in [1.82, 2.24) is 14.7 Å². The van der Waals surface area contributed by atoms with Crippen molar-refractivity contribution in [3.63, 3.8) is 0 Å². The van der Waals surface area contributed by atoms with E-state index in [1.807, 2.05) is 34.7 Å². The Bertz CT molecular complexity index is 519. The van der Waals surface area contributed by atoms with Gasteiger partial charge in [0, 0.05) is 19.2 Å². The van der Waals surface area contributed by atoms with Gasteiger partial charge in [-0.2, -0.15) is 5.10 Å². The van der Waals surface area contributed by atoms with Gasteiger partial charge in [0.15, 0.2) is 0 Å². The van der Waals surface area contributed by atoms with E-state index in [2.05, 4.69) is 5.10 Å². The molecule has 2 rings (SSSR count). The zero-order valence-electron chi connectivity index (χ0n) is 12.7. The average Bonchev–Trinajstić information content (AvgIpc) is 2.83. The minimum absolute atomic E-state index is 0.0361. The number of aromatic nitrogens is 2. The van der Waals surface area contributed by atoms with Crippen molar-refractivity contribution < 1.29 is 9.53 Å². The van der Waals surface area contributed by atoms with E-state index in [9.17, 15) is 4.79 Å². The zero-order valence-corrected chi connectivity index (χ0v) is 13.5. The Morgan fingerprint density at radius 3 is 2.60 bits per heavy atom. The van der Waals surface area contributed by atoms with Crippen LogP contribution < -0.4 is 0 Å². The van der Waals surface area contributed by atoms with Gasteiger partial charge in [-0.1, -0.05) is 11.6 Å². The molecule has 0 spiro atoms. The summed E-state index contributed by atoms with van der Waals surface area (Å²) >= 11 is 6.32. The van der Waals surface area contributed by atoms with Crippen LogP contribution in [0.25, 0.3) is 0 Å². The minimum Gasteiger partial charge on any atom is -0.444 e. The number of likely N-dealkylation sites (tertiary alicyclic amines) is 1. The molecular formula is C14H22ClN3O2. The van der Waals surface area contributed by atoms with Crippen LogP contribution >= 0.6 is 11.6 Å². The number of aryl methyl sites for hydroxylation is 2. The monoisotopic (exact) mass is 299 g/mol. The average molecular weight is 300 g/mol. The molecule has 0 saturated carbocycles. The highest BCUT2D eigenvalue weighted by Gasteiger charge is 2.36. The molecule has 112 valence electrons. The number of carbonyl (C=O) groups is 1. The van der Waals surface area contributed by atoms with E-state index < -0.39 is 5.60 Å². The van der Waals surface area contributed by atoms with Gasteiger partial charge in [-0.25, -0.2) is 4.79 Å². The number of ether oxygens (including phenoxy) is 1. The van der Waals surface area contributed by atoms with Crippen molar-refractivity contribution in [2.75, 3.05) is 6.54 Å². The highest BCUT2D eigenvalue weighted by molar-refractivity contribution is 6.30. The van der Waals surface area contributed by atoms with Crippen molar-refractivity contribution in [2.45, 2.75) is 52.2 Å². The number of carbonyl (C=O) groups excluding carboxylic acids is 1. The number of hydrogen-bond donors (Lipinski definition) is 0. The quantitative estimate of drug-likeness (QED) is 0.798. The number of rotatable bonds is 1. The first kappa shape index (κ1) is 15.2. The van der Waals surface area contributed by atoms with Crippen molar-refractivity contribution in [2.24, 2.45) is 7.05 Å². The van der Waals surface area contributed by atoms with Crippen LogP contribution in [-0.4, -0.2) is 32.9 Å². The van der Waals surface area contributed by atoms with Gasteiger partial charge in [0.1, 0.15) is 10.8 Å². The molecule has 0 aliphatic carbocycles. The van der Waals surface area contributed by atoms with Gasteiger partial charge < -0.3 is 9.64 Å². The Kier molecular flexibility index (Phi) is 4.00. The molecule has 1 saturated heterocycles. The number of hydrogen-bond acceptors (Lipinski definition) is 3. The molecule has 0 bridgehead atoms. The number of amides is 1.